The summed E-state index contributed by atoms with van der Waals surface area (Å²) in [7, 11) is 0. The molecule has 1 N–H and O–H groups in total. The zero-order chi connectivity index (χ0) is 11.1. The lowest BCUT2D eigenvalue weighted by Gasteiger charge is -2.11. The Hall–Kier alpha value is -0.830. The summed E-state index contributed by atoms with van der Waals surface area (Å²) in [6.45, 7) is 8.60. The van der Waals surface area contributed by atoms with Gasteiger partial charge < -0.3 is 5.32 Å². The van der Waals surface area contributed by atoms with Crippen molar-refractivity contribution in [2.45, 2.75) is 52.6 Å². The molecular formula is C12H23N3. The SMILES string of the molecule is CCNC(C)CCCCn1cc(C)cn1. The van der Waals surface area contributed by atoms with Crippen LogP contribution in [-0.2, 0) is 6.54 Å². The molecule has 0 saturated carbocycles. The monoisotopic (exact) mass is 209 g/mol. The summed E-state index contributed by atoms with van der Waals surface area (Å²) in [6.07, 6.45) is 7.77. The Balaban J connectivity index is 2.06. The molecule has 0 radical (unpaired) electrons. The number of nitrogens with zero attached hydrogens (tertiary/aromatic N) is 2. The maximum atomic E-state index is 4.27. The van der Waals surface area contributed by atoms with Crippen LogP contribution in [0.2, 0.25) is 0 Å². The highest BCUT2D eigenvalue weighted by Crippen LogP contribution is 2.03. The summed E-state index contributed by atoms with van der Waals surface area (Å²) >= 11 is 0. The molecule has 0 aliphatic heterocycles. The van der Waals surface area contributed by atoms with E-state index in [9.17, 15) is 0 Å². The standard InChI is InChI=1S/C12H23N3/c1-4-13-12(3)7-5-6-8-15-10-11(2)9-14-15/h9-10,12-13H,4-8H2,1-3H3. The van der Waals surface area contributed by atoms with Crippen LogP contribution < -0.4 is 5.32 Å². The van der Waals surface area contributed by atoms with Gasteiger partial charge in [-0.15, -0.1) is 0 Å². The molecular weight excluding hydrogens is 186 g/mol. The van der Waals surface area contributed by atoms with Gasteiger partial charge in [-0.1, -0.05) is 13.3 Å². The van der Waals surface area contributed by atoms with E-state index < -0.39 is 0 Å². The van der Waals surface area contributed by atoms with Crippen molar-refractivity contribution in [1.82, 2.24) is 15.1 Å². The Bertz CT molecular complexity index is 268. The molecule has 0 saturated heterocycles. The van der Waals surface area contributed by atoms with E-state index in [0.717, 1.165) is 13.1 Å². The third-order valence-corrected chi connectivity index (χ3v) is 2.59. The predicted molar refractivity (Wildman–Crippen MR) is 64.0 cm³/mol. The second kappa shape index (κ2) is 6.62. The molecule has 1 rings (SSSR count). The quantitative estimate of drug-likeness (QED) is 0.699. The third kappa shape index (κ3) is 4.98. The van der Waals surface area contributed by atoms with Crippen molar-refractivity contribution in [3.05, 3.63) is 18.0 Å². The lowest BCUT2D eigenvalue weighted by Crippen LogP contribution is -2.25. The molecule has 0 amide bonds. The van der Waals surface area contributed by atoms with E-state index in [1.165, 1.54) is 24.8 Å². The number of rotatable bonds is 7. The highest BCUT2D eigenvalue weighted by Gasteiger charge is 1.99. The van der Waals surface area contributed by atoms with Gasteiger partial charge in [0.25, 0.3) is 0 Å². The smallest absolute Gasteiger partial charge is 0.0518 e. The summed E-state index contributed by atoms with van der Waals surface area (Å²) in [4.78, 5) is 0. The summed E-state index contributed by atoms with van der Waals surface area (Å²) in [5.41, 5.74) is 1.25. The molecule has 86 valence electrons. The van der Waals surface area contributed by atoms with Gasteiger partial charge in [0.2, 0.25) is 0 Å². The van der Waals surface area contributed by atoms with Gasteiger partial charge in [0.05, 0.1) is 6.20 Å². The average Bonchev–Trinajstić information content (AvgIpc) is 2.60. The number of nitrogens with one attached hydrogen (secondary N) is 1. The maximum absolute atomic E-state index is 4.27. The zero-order valence-electron chi connectivity index (χ0n) is 10.2. The van der Waals surface area contributed by atoms with Crippen LogP contribution in [0.4, 0.5) is 0 Å². The molecule has 0 spiro atoms. The van der Waals surface area contributed by atoms with Gasteiger partial charge in [-0.2, -0.15) is 5.10 Å². The van der Waals surface area contributed by atoms with E-state index in [0.29, 0.717) is 6.04 Å². The van der Waals surface area contributed by atoms with Crippen LogP contribution in [0.5, 0.6) is 0 Å². The Labute approximate surface area is 92.9 Å². The Kier molecular flexibility index (Phi) is 5.40. The van der Waals surface area contributed by atoms with Gasteiger partial charge in [-0.05, 0) is 38.8 Å². The highest BCUT2D eigenvalue weighted by atomic mass is 15.3. The van der Waals surface area contributed by atoms with Crippen molar-refractivity contribution < 1.29 is 0 Å². The first-order valence-corrected chi connectivity index (χ1v) is 5.94. The van der Waals surface area contributed by atoms with Crippen molar-refractivity contribution in [1.29, 1.82) is 0 Å². The fraction of sp³-hybridized carbons (Fsp3) is 0.750. The molecule has 0 bridgehead atoms. The Morgan fingerprint density at radius 1 is 1.47 bits per heavy atom. The number of unbranched alkanes of at least 4 members (excludes halogenated alkanes) is 1. The van der Waals surface area contributed by atoms with Gasteiger partial charge >= 0.3 is 0 Å². The minimum atomic E-state index is 0.648. The fourth-order valence-corrected chi connectivity index (χ4v) is 1.76. The molecule has 1 heterocycles. The molecule has 0 fully saturated rings. The number of aromatic nitrogens is 2. The van der Waals surface area contributed by atoms with Crippen LogP contribution >= 0.6 is 0 Å². The van der Waals surface area contributed by atoms with Gasteiger partial charge in [-0.25, -0.2) is 0 Å². The first-order valence-electron chi connectivity index (χ1n) is 5.94. The maximum Gasteiger partial charge on any atom is 0.0518 e. The van der Waals surface area contributed by atoms with Crippen LogP contribution in [0.15, 0.2) is 12.4 Å². The lowest BCUT2D eigenvalue weighted by atomic mass is 10.1. The molecule has 0 aromatic carbocycles. The van der Waals surface area contributed by atoms with Crippen molar-refractivity contribution in [2.24, 2.45) is 0 Å². The van der Waals surface area contributed by atoms with Crippen LogP contribution in [-0.4, -0.2) is 22.4 Å². The van der Waals surface area contributed by atoms with Crippen molar-refractivity contribution in [3.63, 3.8) is 0 Å². The van der Waals surface area contributed by atoms with Crippen LogP contribution in [0.25, 0.3) is 0 Å². The topological polar surface area (TPSA) is 29.9 Å². The molecule has 3 heteroatoms. The zero-order valence-corrected chi connectivity index (χ0v) is 10.2. The Morgan fingerprint density at radius 3 is 2.87 bits per heavy atom. The first-order chi connectivity index (χ1) is 7.22. The largest absolute Gasteiger partial charge is 0.315 e. The Morgan fingerprint density at radius 2 is 2.27 bits per heavy atom. The minimum absolute atomic E-state index is 0.648. The molecule has 1 aromatic rings. The molecule has 1 unspecified atom stereocenters. The highest BCUT2D eigenvalue weighted by molar-refractivity contribution is 4.99. The van der Waals surface area contributed by atoms with Gasteiger partial charge in [0.15, 0.2) is 0 Å². The van der Waals surface area contributed by atoms with Crippen molar-refractivity contribution >= 4 is 0 Å². The predicted octanol–water partition coefficient (Wildman–Crippen LogP) is 2.36. The third-order valence-electron chi connectivity index (χ3n) is 2.59. The van der Waals surface area contributed by atoms with Gasteiger partial charge in [-0.3, -0.25) is 4.68 Å². The first kappa shape index (κ1) is 12.2. The number of hydrogen-bond donors (Lipinski definition) is 1. The van der Waals surface area contributed by atoms with Crippen LogP contribution in [0.1, 0.15) is 38.7 Å². The summed E-state index contributed by atoms with van der Waals surface area (Å²) < 4.78 is 2.03. The van der Waals surface area contributed by atoms with E-state index in [1.807, 2.05) is 10.9 Å². The molecule has 15 heavy (non-hydrogen) atoms. The van der Waals surface area contributed by atoms with E-state index in [1.54, 1.807) is 0 Å². The van der Waals surface area contributed by atoms with E-state index in [2.05, 4.69) is 37.4 Å². The summed E-state index contributed by atoms with van der Waals surface area (Å²) in [5, 5.41) is 7.70. The molecule has 1 aromatic heterocycles. The number of aryl methyl sites for hydroxylation is 2. The van der Waals surface area contributed by atoms with Crippen molar-refractivity contribution in [2.75, 3.05) is 6.54 Å². The minimum Gasteiger partial charge on any atom is -0.315 e. The van der Waals surface area contributed by atoms with E-state index >= 15 is 0 Å². The molecule has 0 aliphatic carbocycles. The normalized spacial score (nSPS) is 13.0. The second-order valence-electron chi connectivity index (χ2n) is 4.24. The summed E-state index contributed by atoms with van der Waals surface area (Å²) in [5.74, 6) is 0. The van der Waals surface area contributed by atoms with Crippen molar-refractivity contribution in [3.8, 4) is 0 Å². The average molecular weight is 209 g/mol. The van der Waals surface area contributed by atoms with Crippen LogP contribution in [0.3, 0.4) is 0 Å². The lowest BCUT2D eigenvalue weighted by molar-refractivity contribution is 0.475. The molecule has 3 nitrogen and oxygen atoms in total. The second-order valence-corrected chi connectivity index (χ2v) is 4.24. The number of hydrogen-bond acceptors (Lipinski definition) is 2. The molecule has 0 aliphatic rings. The van der Waals surface area contributed by atoms with E-state index in [4.69, 9.17) is 0 Å². The van der Waals surface area contributed by atoms with E-state index in [-0.39, 0.29) is 0 Å². The van der Waals surface area contributed by atoms with Gasteiger partial charge in [0.1, 0.15) is 0 Å². The summed E-state index contributed by atoms with van der Waals surface area (Å²) in [6, 6.07) is 0.648. The fourth-order valence-electron chi connectivity index (χ4n) is 1.76. The van der Waals surface area contributed by atoms with Gasteiger partial charge in [0, 0.05) is 18.8 Å². The van der Waals surface area contributed by atoms with Crippen LogP contribution in [0, 0.1) is 6.92 Å². The molecule has 1 atom stereocenters.